The van der Waals surface area contributed by atoms with Crippen molar-refractivity contribution in [1.29, 1.82) is 0 Å². The molecular weight excluding hydrogens is 563 g/mol. The minimum atomic E-state index is -4.65. The summed E-state index contributed by atoms with van der Waals surface area (Å²) >= 11 is 0. The monoisotopic (exact) mass is 620 g/mol. The van der Waals surface area contributed by atoms with Gasteiger partial charge in [0.05, 0.1) is 11.1 Å². The van der Waals surface area contributed by atoms with Crippen LogP contribution in [0.25, 0.3) is 0 Å². The molecular formula is C39H57O4P. The van der Waals surface area contributed by atoms with Gasteiger partial charge < -0.3 is 14.9 Å². The molecule has 3 aromatic rings. The molecule has 1 unspecified atom stereocenters. The van der Waals surface area contributed by atoms with Gasteiger partial charge in [0.15, 0.2) is 0 Å². The number of phenolic OH excluding ortho intramolecular Hbond substituents is 1. The van der Waals surface area contributed by atoms with Crippen LogP contribution in [0.15, 0.2) is 72.8 Å². The molecule has 0 spiro atoms. The molecule has 242 valence electrons. The largest absolute Gasteiger partial charge is 0.507 e. The van der Waals surface area contributed by atoms with Crippen LogP contribution in [0.3, 0.4) is 0 Å². The lowest BCUT2D eigenvalue weighted by molar-refractivity contribution is 0.330. The van der Waals surface area contributed by atoms with Gasteiger partial charge in [-0.3, -0.25) is 4.57 Å². The molecule has 3 rings (SSSR count). The topological polar surface area (TPSA) is 77.8 Å². The van der Waals surface area contributed by atoms with Crippen LogP contribution in [0.5, 0.6) is 5.75 Å². The Hall–Kier alpha value is -2.39. The van der Waals surface area contributed by atoms with Crippen molar-refractivity contribution in [3.63, 3.8) is 0 Å². The van der Waals surface area contributed by atoms with Crippen LogP contribution < -0.4 is 0 Å². The highest BCUT2D eigenvalue weighted by Gasteiger charge is 2.52. The molecule has 0 aromatic heterocycles. The highest BCUT2D eigenvalue weighted by molar-refractivity contribution is 7.52. The second kappa shape index (κ2) is 15.3. The zero-order valence-corrected chi connectivity index (χ0v) is 29.2. The first-order valence-electron chi connectivity index (χ1n) is 16.7. The third kappa shape index (κ3) is 8.65. The fraction of sp³-hybridized carbons (Fsp3) is 0.538. The zero-order valence-electron chi connectivity index (χ0n) is 28.3. The summed E-state index contributed by atoms with van der Waals surface area (Å²) in [6.07, 6.45) is 10.6. The average Bonchev–Trinajstić information content (AvgIpc) is 2.95. The molecule has 3 N–H and O–H groups in total. The predicted octanol–water partition coefficient (Wildman–Crippen LogP) is 10.8. The van der Waals surface area contributed by atoms with E-state index in [1.54, 1.807) is 0 Å². The van der Waals surface area contributed by atoms with Gasteiger partial charge in [-0.1, -0.05) is 179 Å². The Kier molecular flexibility index (Phi) is 12.5. The fourth-order valence-electron chi connectivity index (χ4n) is 6.77. The van der Waals surface area contributed by atoms with Gasteiger partial charge >= 0.3 is 7.60 Å². The van der Waals surface area contributed by atoms with Gasteiger partial charge in [0.2, 0.25) is 0 Å². The molecule has 0 amide bonds. The number of rotatable bonds is 15. The number of unbranched alkanes of at least 4 members (excludes halogenated alkanes) is 8. The molecule has 3 aromatic carbocycles. The summed E-state index contributed by atoms with van der Waals surface area (Å²) in [5.74, 6) is 0.260. The summed E-state index contributed by atoms with van der Waals surface area (Å²) in [6.45, 7) is 14.7. The van der Waals surface area contributed by atoms with Crippen molar-refractivity contribution in [2.24, 2.45) is 0 Å². The summed E-state index contributed by atoms with van der Waals surface area (Å²) in [5.41, 5.74) is 1.15. The molecule has 0 saturated heterocycles. The van der Waals surface area contributed by atoms with Gasteiger partial charge in [0.25, 0.3) is 0 Å². The van der Waals surface area contributed by atoms with E-state index in [9.17, 15) is 19.5 Å². The second-order valence-electron chi connectivity index (χ2n) is 14.7. The van der Waals surface area contributed by atoms with E-state index in [1.807, 2.05) is 72.8 Å². The Morgan fingerprint density at radius 2 is 1.00 bits per heavy atom. The van der Waals surface area contributed by atoms with Crippen LogP contribution in [0, 0.1) is 0 Å². The van der Waals surface area contributed by atoms with E-state index in [1.165, 1.54) is 32.1 Å². The van der Waals surface area contributed by atoms with E-state index < -0.39 is 29.5 Å². The van der Waals surface area contributed by atoms with Crippen molar-refractivity contribution in [3.8, 4) is 5.75 Å². The van der Waals surface area contributed by atoms with Crippen molar-refractivity contribution in [1.82, 2.24) is 0 Å². The Bertz CT molecular complexity index is 1270. The average molecular weight is 621 g/mol. The number of hydrogen-bond acceptors (Lipinski definition) is 2. The maximum Gasteiger partial charge on any atom is 0.330 e. The molecule has 0 aliphatic heterocycles. The highest BCUT2D eigenvalue weighted by atomic mass is 31.2. The SMILES string of the molecule is CCCCCCCCCCCC(C(c1ccccc1)(c1ccccc1)c1cc(C(C)(C)C)c(O)c(C(C)(C)C)c1)P(=O)(O)O. The van der Waals surface area contributed by atoms with Gasteiger partial charge in [-0.05, 0) is 45.1 Å². The number of phenols is 1. The third-order valence-corrected chi connectivity index (χ3v) is 10.6. The Morgan fingerprint density at radius 3 is 1.36 bits per heavy atom. The van der Waals surface area contributed by atoms with Crippen LogP contribution >= 0.6 is 7.60 Å². The summed E-state index contributed by atoms with van der Waals surface area (Å²) < 4.78 is 13.8. The van der Waals surface area contributed by atoms with Crippen molar-refractivity contribution in [3.05, 3.63) is 101 Å². The lowest BCUT2D eigenvalue weighted by Gasteiger charge is -2.44. The Labute approximate surface area is 267 Å². The summed E-state index contributed by atoms with van der Waals surface area (Å²) in [5, 5.41) is 11.6. The zero-order chi connectivity index (χ0) is 32.6. The number of benzene rings is 3. The summed E-state index contributed by atoms with van der Waals surface area (Å²) in [7, 11) is -4.65. The number of hydrogen-bond donors (Lipinski definition) is 3. The quantitative estimate of drug-likeness (QED) is 0.0897. The molecule has 0 aliphatic rings. The first-order chi connectivity index (χ1) is 20.6. The summed E-state index contributed by atoms with van der Waals surface area (Å²) in [6, 6.07) is 23.8. The fourth-order valence-corrected chi connectivity index (χ4v) is 8.24. The van der Waals surface area contributed by atoms with Crippen molar-refractivity contribution >= 4 is 7.60 Å². The van der Waals surface area contributed by atoms with Crippen molar-refractivity contribution < 1.29 is 19.5 Å². The lowest BCUT2D eigenvalue weighted by atomic mass is 9.64. The highest BCUT2D eigenvalue weighted by Crippen LogP contribution is 2.59. The van der Waals surface area contributed by atoms with Crippen LogP contribution in [-0.2, 0) is 20.8 Å². The Morgan fingerprint density at radius 1 is 0.614 bits per heavy atom. The minimum Gasteiger partial charge on any atom is -0.507 e. The third-order valence-electron chi connectivity index (χ3n) is 9.13. The molecule has 44 heavy (non-hydrogen) atoms. The predicted molar refractivity (Wildman–Crippen MR) is 186 cm³/mol. The van der Waals surface area contributed by atoms with Crippen molar-refractivity contribution in [2.75, 3.05) is 0 Å². The van der Waals surface area contributed by atoms with E-state index in [4.69, 9.17) is 0 Å². The van der Waals surface area contributed by atoms with Crippen LogP contribution in [0.1, 0.15) is 140 Å². The van der Waals surface area contributed by atoms with E-state index in [-0.39, 0.29) is 5.75 Å². The second-order valence-corrected chi connectivity index (χ2v) is 16.5. The van der Waals surface area contributed by atoms with E-state index in [0.717, 1.165) is 53.5 Å². The van der Waals surface area contributed by atoms with E-state index in [0.29, 0.717) is 6.42 Å². The molecule has 0 aliphatic carbocycles. The van der Waals surface area contributed by atoms with Crippen molar-refractivity contribution in [2.45, 2.75) is 135 Å². The summed E-state index contributed by atoms with van der Waals surface area (Å²) in [4.78, 5) is 22.6. The van der Waals surface area contributed by atoms with Crippen LogP contribution in [0.2, 0.25) is 0 Å². The maximum atomic E-state index is 13.8. The first-order valence-corrected chi connectivity index (χ1v) is 18.4. The molecule has 0 radical (unpaired) electrons. The Balaban J connectivity index is 2.27. The number of aromatic hydroxyl groups is 1. The smallest absolute Gasteiger partial charge is 0.330 e. The minimum absolute atomic E-state index is 0.260. The molecule has 0 saturated carbocycles. The molecule has 4 nitrogen and oxygen atoms in total. The van der Waals surface area contributed by atoms with Crippen LogP contribution in [-0.4, -0.2) is 20.6 Å². The first kappa shape index (κ1) is 36.1. The molecule has 0 bridgehead atoms. The maximum absolute atomic E-state index is 13.8. The molecule has 0 heterocycles. The van der Waals surface area contributed by atoms with Gasteiger partial charge in [0, 0.05) is 0 Å². The van der Waals surface area contributed by atoms with Crippen LogP contribution in [0.4, 0.5) is 0 Å². The van der Waals surface area contributed by atoms with Gasteiger partial charge in [-0.15, -0.1) is 0 Å². The molecule has 5 heteroatoms. The standard InChI is InChI=1S/C39H57O4P/c1-8-9-10-11-12-13-14-15-22-27-35(44(41,42)43)39(30-23-18-16-19-24-30,31-25-20-17-21-26-31)32-28-33(37(2,3)4)36(40)34(29-32)38(5,6)7/h16-21,23-26,28-29,35,40H,8-15,22,27H2,1-7H3,(H2,41,42,43). The molecule has 0 fully saturated rings. The van der Waals surface area contributed by atoms with E-state index >= 15 is 0 Å². The van der Waals surface area contributed by atoms with Gasteiger partial charge in [0.1, 0.15) is 5.75 Å². The lowest BCUT2D eigenvalue weighted by Crippen LogP contribution is -2.42. The molecule has 1 atom stereocenters. The van der Waals surface area contributed by atoms with Gasteiger partial charge in [-0.2, -0.15) is 0 Å². The van der Waals surface area contributed by atoms with Gasteiger partial charge in [-0.25, -0.2) is 0 Å². The van der Waals surface area contributed by atoms with E-state index in [2.05, 4.69) is 48.5 Å². The normalized spacial score (nSPS) is 13.7.